The molecule has 1 saturated heterocycles. The van der Waals surface area contributed by atoms with Gasteiger partial charge in [-0.1, -0.05) is 12.1 Å². The summed E-state index contributed by atoms with van der Waals surface area (Å²) in [5, 5.41) is 0.911. The fourth-order valence-corrected chi connectivity index (χ4v) is 7.22. The van der Waals surface area contributed by atoms with E-state index in [1.807, 2.05) is 12.1 Å². The van der Waals surface area contributed by atoms with Crippen LogP contribution in [0.2, 0.25) is 0 Å². The molecule has 0 radical (unpaired) electrons. The highest BCUT2D eigenvalue weighted by Crippen LogP contribution is 2.42. The van der Waals surface area contributed by atoms with Gasteiger partial charge in [-0.05, 0) is 74.9 Å². The summed E-state index contributed by atoms with van der Waals surface area (Å²) in [6, 6.07) is 10.3. The first-order valence-corrected chi connectivity index (χ1v) is 14.2. The van der Waals surface area contributed by atoms with Crippen LogP contribution in [-0.4, -0.2) is 43.4 Å². The van der Waals surface area contributed by atoms with Crippen molar-refractivity contribution in [3.05, 3.63) is 88.9 Å². The summed E-state index contributed by atoms with van der Waals surface area (Å²) in [7, 11) is -2.27. The second kappa shape index (κ2) is 10.4. The first-order valence-electron chi connectivity index (χ1n) is 11.8. The number of aromatic nitrogens is 2. The molecule has 0 aliphatic carbocycles. The first kappa shape index (κ1) is 25.6. The number of likely N-dealkylation sites (tertiary alicyclic amines) is 1. The van der Waals surface area contributed by atoms with Crippen molar-refractivity contribution in [1.82, 2.24) is 14.9 Å². The van der Waals surface area contributed by atoms with Crippen LogP contribution in [0.25, 0.3) is 21.7 Å². The maximum atomic E-state index is 15.9. The van der Waals surface area contributed by atoms with Crippen LogP contribution in [0, 0.1) is 17.5 Å². The van der Waals surface area contributed by atoms with E-state index in [4.69, 9.17) is 4.98 Å². The standard InChI is InChI=1S/C27H24F3N3O2S2/c1-33-13-9-18(10-14-33)27-32-25(26(36-27)17-7-11-31-12-8-17)21-4-2-3-19(24(21)30)16-37(34,35)23-15-20(28)5-6-22(23)29/h2-8,11-12,15,18H,9-10,13-14,16H2,1H3. The Hall–Kier alpha value is -3.08. The van der Waals surface area contributed by atoms with Gasteiger partial charge in [0.2, 0.25) is 0 Å². The molecule has 1 fully saturated rings. The van der Waals surface area contributed by atoms with Crippen LogP contribution in [0.1, 0.15) is 29.3 Å². The van der Waals surface area contributed by atoms with Gasteiger partial charge in [-0.3, -0.25) is 4.98 Å². The van der Waals surface area contributed by atoms with Gasteiger partial charge >= 0.3 is 0 Å². The van der Waals surface area contributed by atoms with E-state index in [-0.39, 0.29) is 17.0 Å². The zero-order valence-corrected chi connectivity index (χ0v) is 21.6. The molecule has 37 heavy (non-hydrogen) atoms. The van der Waals surface area contributed by atoms with E-state index in [1.165, 1.54) is 17.4 Å². The average Bonchev–Trinajstić information content (AvgIpc) is 3.33. The minimum absolute atomic E-state index is 0.143. The molecule has 0 amide bonds. The molecule has 10 heteroatoms. The van der Waals surface area contributed by atoms with Crippen molar-refractivity contribution >= 4 is 21.2 Å². The molecule has 2 aromatic carbocycles. The molecular weight excluding hydrogens is 519 g/mol. The van der Waals surface area contributed by atoms with Gasteiger partial charge in [-0.25, -0.2) is 26.6 Å². The molecule has 1 aliphatic rings. The van der Waals surface area contributed by atoms with Crippen LogP contribution in [-0.2, 0) is 15.6 Å². The molecule has 3 heterocycles. The van der Waals surface area contributed by atoms with Crippen LogP contribution in [0.3, 0.4) is 0 Å². The van der Waals surface area contributed by atoms with Crippen LogP contribution < -0.4 is 0 Å². The van der Waals surface area contributed by atoms with E-state index in [0.29, 0.717) is 11.8 Å². The second-order valence-corrected chi connectivity index (χ2v) is 12.1. The Balaban J connectivity index is 1.57. The topological polar surface area (TPSA) is 63.2 Å². The van der Waals surface area contributed by atoms with Gasteiger partial charge in [0.05, 0.1) is 21.3 Å². The molecule has 0 spiro atoms. The molecule has 5 rings (SSSR count). The lowest BCUT2D eigenvalue weighted by molar-refractivity contribution is 0.255. The molecule has 0 saturated carbocycles. The Labute approximate surface area is 217 Å². The van der Waals surface area contributed by atoms with Crippen LogP contribution in [0.15, 0.2) is 65.8 Å². The number of piperidine rings is 1. The largest absolute Gasteiger partial charge is 0.306 e. The number of rotatable bonds is 6. The third kappa shape index (κ3) is 5.32. The SMILES string of the molecule is CN1CCC(c2nc(-c3cccc(CS(=O)(=O)c4cc(F)ccc4F)c3F)c(-c3ccncc3)s2)CC1. The van der Waals surface area contributed by atoms with Crippen LogP contribution in [0.5, 0.6) is 0 Å². The predicted octanol–water partition coefficient (Wildman–Crippen LogP) is 6.07. The zero-order valence-electron chi connectivity index (χ0n) is 20.0. The molecule has 5 nitrogen and oxygen atoms in total. The number of hydrogen-bond donors (Lipinski definition) is 0. The Kier molecular flexibility index (Phi) is 7.15. The lowest BCUT2D eigenvalue weighted by Crippen LogP contribution is -2.29. The third-order valence-electron chi connectivity index (χ3n) is 6.56. The minimum atomic E-state index is -4.35. The van der Waals surface area contributed by atoms with Gasteiger partial charge in [0, 0.05) is 29.4 Å². The van der Waals surface area contributed by atoms with Gasteiger partial charge in [-0.2, -0.15) is 0 Å². The highest BCUT2D eigenvalue weighted by molar-refractivity contribution is 7.90. The molecule has 4 aromatic rings. The fraction of sp³-hybridized carbons (Fsp3) is 0.259. The van der Waals surface area contributed by atoms with E-state index in [2.05, 4.69) is 16.9 Å². The van der Waals surface area contributed by atoms with E-state index < -0.39 is 37.9 Å². The summed E-state index contributed by atoms with van der Waals surface area (Å²) < 4.78 is 69.5. The Morgan fingerprint density at radius 1 is 1.03 bits per heavy atom. The highest BCUT2D eigenvalue weighted by Gasteiger charge is 2.27. The number of thiazole rings is 1. The molecule has 0 unspecified atom stereocenters. The monoisotopic (exact) mass is 543 g/mol. The second-order valence-electron chi connectivity index (χ2n) is 9.16. The average molecular weight is 544 g/mol. The molecule has 192 valence electrons. The number of pyridine rings is 1. The fourth-order valence-electron chi connectivity index (χ4n) is 4.52. The van der Waals surface area contributed by atoms with Crippen molar-refractivity contribution < 1.29 is 21.6 Å². The van der Waals surface area contributed by atoms with Gasteiger partial charge in [-0.15, -0.1) is 11.3 Å². The summed E-state index contributed by atoms with van der Waals surface area (Å²) in [4.78, 5) is 11.2. The maximum absolute atomic E-state index is 15.9. The van der Waals surface area contributed by atoms with E-state index >= 15 is 4.39 Å². The summed E-state index contributed by atoms with van der Waals surface area (Å²) in [6.07, 6.45) is 5.19. The molecule has 0 atom stereocenters. The predicted molar refractivity (Wildman–Crippen MR) is 137 cm³/mol. The van der Waals surface area contributed by atoms with Gasteiger partial charge < -0.3 is 4.90 Å². The summed E-state index contributed by atoms with van der Waals surface area (Å²) in [6.45, 7) is 1.89. The lowest BCUT2D eigenvalue weighted by atomic mass is 9.98. The zero-order chi connectivity index (χ0) is 26.2. The van der Waals surface area contributed by atoms with E-state index in [9.17, 15) is 17.2 Å². The number of benzene rings is 2. The minimum Gasteiger partial charge on any atom is -0.306 e. The van der Waals surface area contributed by atoms with Crippen molar-refractivity contribution in [2.24, 2.45) is 0 Å². The summed E-state index contributed by atoms with van der Waals surface area (Å²) in [5.74, 6) is -3.29. The van der Waals surface area contributed by atoms with Gasteiger partial charge in [0.1, 0.15) is 22.3 Å². The van der Waals surface area contributed by atoms with Crippen LogP contribution in [0.4, 0.5) is 13.2 Å². The van der Waals surface area contributed by atoms with Gasteiger partial charge in [0.15, 0.2) is 9.84 Å². The van der Waals surface area contributed by atoms with Crippen molar-refractivity contribution in [3.8, 4) is 21.7 Å². The number of hydrogen-bond acceptors (Lipinski definition) is 6. The van der Waals surface area contributed by atoms with Gasteiger partial charge in [0.25, 0.3) is 0 Å². The Bertz CT molecular complexity index is 1530. The number of nitrogens with zero attached hydrogens (tertiary/aromatic N) is 3. The third-order valence-corrected chi connectivity index (χ3v) is 9.50. The first-order chi connectivity index (χ1) is 17.7. The van der Waals surface area contributed by atoms with Crippen LogP contribution >= 0.6 is 11.3 Å². The highest BCUT2D eigenvalue weighted by atomic mass is 32.2. The molecule has 2 aromatic heterocycles. The molecule has 0 bridgehead atoms. The van der Waals surface area contributed by atoms with Crippen molar-refractivity contribution in [3.63, 3.8) is 0 Å². The molecule has 0 N–H and O–H groups in total. The molecule has 1 aliphatic heterocycles. The number of halogens is 3. The van der Waals surface area contributed by atoms with Crippen molar-refractivity contribution in [1.29, 1.82) is 0 Å². The maximum Gasteiger partial charge on any atom is 0.185 e. The Morgan fingerprint density at radius 3 is 2.49 bits per heavy atom. The quantitative estimate of drug-likeness (QED) is 0.295. The molecular formula is C27H24F3N3O2S2. The summed E-state index contributed by atoms with van der Waals surface area (Å²) in [5.41, 5.74) is 1.28. The van der Waals surface area contributed by atoms with Crippen molar-refractivity contribution in [2.75, 3.05) is 20.1 Å². The van der Waals surface area contributed by atoms with E-state index in [1.54, 1.807) is 24.5 Å². The van der Waals surface area contributed by atoms with Crippen molar-refractivity contribution in [2.45, 2.75) is 29.4 Å². The Morgan fingerprint density at radius 2 is 1.76 bits per heavy atom. The summed E-state index contributed by atoms with van der Waals surface area (Å²) >= 11 is 1.51. The van der Waals surface area contributed by atoms with E-state index in [0.717, 1.165) is 53.5 Å². The lowest BCUT2D eigenvalue weighted by Gasteiger charge is -2.27. The normalized spacial score (nSPS) is 15.2. The smallest absolute Gasteiger partial charge is 0.185 e. The number of sulfone groups is 1.